The van der Waals surface area contributed by atoms with Gasteiger partial charge in [0.2, 0.25) is 0 Å². The average Bonchev–Trinajstić information content (AvgIpc) is 2.77. The Kier molecular flexibility index (Phi) is 3.53. The maximum Gasteiger partial charge on any atom is 0.104 e. The topological polar surface area (TPSA) is 66.7 Å². The van der Waals surface area contributed by atoms with Crippen LogP contribution in [-0.2, 0) is 6.54 Å². The molecule has 0 bridgehead atoms. The highest BCUT2D eigenvalue weighted by Crippen LogP contribution is 2.18. The smallest absolute Gasteiger partial charge is 0.104 e. The van der Waals surface area contributed by atoms with Gasteiger partial charge in [-0.1, -0.05) is 18.9 Å². The van der Waals surface area contributed by atoms with E-state index in [4.69, 9.17) is 5.73 Å². The molecule has 0 spiro atoms. The van der Waals surface area contributed by atoms with Gasteiger partial charge in [0.15, 0.2) is 0 Å². The van der Waals surface area contributed by atoms with Crippen LogP contribution in [0, 0.1) is 6.92 Å². The molecule has 2 aromatic rings. The summed E-state index contributed by atoms with van der Waals surface area (Å²) < 4.78 is 0. The van der Waals surface area contributed by atoms with Crippen molar-refractivity contribution in [1.29, 1.82) is 0 Å². The highest BCUT2D eigenvalue weighted by atomic mass is 15.0. The first kappa shape index (κ1) is 12.6. The quantitative estimate of drug-likeness (QED) is 0.791. The first-order valence-corrected chi connectivity index (χ1v) is 7.16. The minimum atomic E-state index is 0.312. The van der Waals surface area contributed by atoms with Crippen LogP contribution in [0.2, 0.25) is 0 Å². The van der Waals surface area contributed by atoms with Gasteiger partial charge in [-0.2, -0.15) is 0 Å². The van der Waals surface area contributed by atoms with Crippen molar-refractivity contribution in [1.82, 2.24) is 15.3 Å². The van der Waals surface area contributed by atoms with Gasteiger partial charge in [-0.05, 0) is 37.5 Å². The van der Waals surface area contributed by atoms with Crippen molar-refractivity contribution >= 4 is 11.0 Å². The molecule has 1 aromatic carbocycles. The van der Waals surface area contributed by atoms with Gasteiger partial charge in [0.05, 0.1) is 11.0 Å². The number of nitrogens with one attached hydrogen (secondary N) is 2. The predicted molar refractivity (Wildman–Crippen MR) is 77.9 cm³/mol. The van der Waals surface area contributed by atoms with E-state index in [-0.39, 0.29) is 0 Å². The molecule has 1 fully saturated rings. The van der Waals surface area contributed by atoms with Crippen molar-refractivity contribution in [2.75, 3.05) is 0 Å². The number of hydrogen-bond donors (Lipinski definition) is 3. The summed E-state index contributed by atoms with van der Waals surface area (Å²) in [7, 11) is 0. The van der Waals surface area contributed by atoms with Gasteiger partial charge in [0, 0.05) is 18.6 Å². The van der Waals surface area contributed by atoms with Crippen molar-refractivity contribution in [3.05, 3.63) is 29.6 Å². The van der Waals surface area contributed by atoms with Gasteiger partial charge < -0.3 is 16.0 Å². The monoisotopic (exact) mass is 258 g/mol. The van der Waals surface area contributed by atoms with Gasteiger partial charge in [-0.15, -0.1) is 0 Å². The van der Waals surface area contributed by atoms with Gasteiger partial charge in [0.25, 0.3) is 0 Å². The van der Waals surface area contributed by atoms with Crippen molar-refractivity contribution < 1.29 is 0 Å². The summed E-state index contributed by atoms with van der Waals surface area (Å²) in [4.78, 5) is 7.70. The molecule has 0 radical (unpaired) electrons. The third kappa shape index (κ3) is 2.80. The van der Waals surface area contributed by atoms with Crippen LogP contribution in [-0.4, -0.2) is 22.1 Å². The molecular formula is C15H22N4. The van der Waals surface area contributed by atoms with Crippen LogP contribution in [0.15, 0.2) is 18.2 Å². The lowest BCUT2D eigenvalue weighted by atomic mass is 9.91. The number of nitrogens with two attached hydrogens (primary N) is 1. The van der Waals surface area contributed by atoms with E-state index in [0.29, 0.717) is 12.1 Å². The van der Waals surface area contributed by atoms with Gasteiger partial charge in [0.1, 0.15) is 5.82 Å². The lowest BCUT2D eigenvalue weighted by molar-refractivity contribution is 0.326. The first-order chi connectivity index (χ1) is 9.22. The van der Waals surface area contributed by atoms with E-state index in [1.165, 1.54) is 24.8 Å². The Morgan fingerprint density at radius 1 is 1.37 bits per heavy atom. The Labute approximate surface area is 113 Å². The van der Waals surface area contributed by atoms with E-state index in [1.807, 2.05) is 6.92 Å². The number of hydrogen-bond acceptors (Lipinski definition) is 3. The largest absolute Gasteiger partial charge is 0.342 e. The first-order valence-electron chi connectivity index (χ1n) is 7.16. The number of nitrogens with zero attached hydrogens (tertiary/aromatic N) is 1. The molecule has 4 nitrogen and oxygen atoms in total. The molecule has 1 aromatic heterocycles. The van der Waals surface area contributed by atoms with E-state index in [2.05, 4.69) is 33.5 Å². The Morgan fingerprint density at radius 3 is 3.05 bits per heavy atom. The number of aromatic amines is 1. The molecule has 4 N–H and O–H groups in total. The molecule has 2 atom stereocenters. The number of rotatable bonds is 3. The summed E-state index contributed by atoms with van der Waals surface area (Å²) in [5, 5.41) is 3.60. The molecule has 0 saturated heterocycles. The summed E-state index contributed by atoms with van der Waals surface area (Å²) in [6, 6.07) is 7.18. The van der Waals surface area contributed by atoms with Crippen LogP contribution in [0.4, 0.5) is 0 Å². The van der Waals surface area contributed by atoms with E-state index in [0.717, 1.165) is 29.8 Å². The summed E-state index contributed by atoms with van der Waals surface area (Å²) in [5.41, 5.74) is 9.60. The fourth-order valence-electron chi connectivity index (χ4n) is 2.96. The van der Waals surface area contributed by atoms with Crippen molar-refractivity contribution in [2.24, 2.45) is 5.73 Å². The third-order valence-corrected chi connectivity index (χ3v) is 4.05. The molecule has 4 heteroatoms. The maximum atomic E-state index is 6.16. The number of aryl methyl sites for hydroxylation is 1. The van der Waals surface area contributed by atoms with Crippen LogP contribution in [0.25, 0.3) is 11.0 Å². The molecule has 19 heavy (non-hydrogen) atoms. The maximum absolute atomic E-state index is 6.16. The fraction of sp³-hybridized carbons (Fsp3) is 0.533. The average molecular weight is 258 g/mol. The van der Waals surface area contributed by atoms with Crippen molar-refractivity contribution in [2.45, 2.75) is 51.2 Å². The van der Waals surface area contributed by atoms with Crippen LogP contribution in [0.5, 0.6) is 0 Å². The van der Waals surface area contributed by atoms with E-state index < -0.39 is 0 Å². The lowest BCUT2D eigenvalue weighted by Gasteiger charge is -2.29. The molecule has 0 aliphatic heterocycles. The number of aromatic nitrogens is 2. The molecule has 2 unspecified atom stereocenters. The SMILES string of the molecule is Cc1nc2ccc(CNC3CCCCC3N)cc2[nH]1. The zero-order valence-corrected chi connectivity index (χ0v) is 11.4. The summed E-state index contributed by atoms with van der Waals surface area (Å²) >= 11 is 0. The number of imidazole rings is 1. The Balaban J connectivity index is 1.67. The number of fused-ring (bicyclic) bond motifs is 1. The van der Waals surface area contributed by atoms with Crippen molar-refractivity contribution in [3.63, 3.8) is 0 Å². The van der Waals surface area contributed by atoms with Gasteiger partial charge in [-0.25, -0.2) is 4.98 Å². The second-order valence-corrected chi connectivity index (χ2v) is 5.61. The molecule has 1 aliphatic rings. The third-order valence-electron chi connectivity index (χ3n) is 4.05. The lowest BCUT2D eigenvalue weighted by Crippen LogP contribution is -2.46. The molecule has 0 amide bonds. The Bertz CT molecular complexity index is 560. The number of H-pyrrole nitrogens is 1. The zero-order valence-electron chi connectivity index (χ0n) is 11.4. The minimum Gasteiger partial charge on any atom is -0.342 e. The summed E-state index contributed by atoms with van der Waals surface area (Å²) in [6.45, 7) is 2.87. The highest BCUT2D eigenvalue weighted by molar-refractivity contribution is 5.75. The molecule has 3 rings (SSSR count). The van der Waals surface area contributed by atoms with Crippen molar-refractivity contribution in [3.8, 4) is 0 Å². The normalized spacial score (nSPS) is 23.9. The molecule has 102 valence electrons. The summed E-state index contributed by atoms with van der Waals surface area (Å²) in [6.07, 6.45) is 4.92. The zero-order chi connectivity index (χ0) is 13.2. The van der Waals surface area contributed by atoms with Gasteiger partial charge >= 0.3 is 0 Å². The van der Waals surface area contributed by atoms with E-state index in [9.17, 15) is 0 Å². The van der Waals surface area contributed by atoms with Crippen LogP contribution in [0.1, 0.15) is 37.1 Å². The molecular weight excluding hydrogens is 236 g/mol. The predicted octanol–water partition coefficient (Wildman–Crippen LogP) is 2.23. The van der Waals surface area contributed by atoms with Crippen LogP contribution < -0.4 is 11.1 Å². The summed E-state index contributed by atoms with van der Waals surface area (Å²) in [5.74, 6) is 0.967. The standard InChI is InChI=1S/C15H22N4/c1-10-18-14-7-6-11(8-15(14)19-10)9-17-13-5-3-2-4-12(13)16/h6-8,12-13,17H,2-5,9,16H2,1H3,(H,18,19). The molecule has 1 heterocycles. The van der Waals surface area contributed by atoms with Gasteiger partial charge in [-0.3, -0.25) is 0 Å². The van der Waals surface area contributed by atoms with Crippen LogP contribution in [0.3, 0.4) is 0 Å². The fourth-order valence-corrected chi connectivity index (χ4v) is 2.96. The molecule has 1 aliphatic carbocycles. The second kappa shape index (κ2) is 5.31. The Hall–Kier alpha value is -1.39. The second-order valence-electron chi connectivity index (χ2n) is 5.61. The Morgan fingerprint density at radius 2 is 2.21 bits per heavy atom. The van der Waals surface area contributed by atoms with E-state index >= 15 is 0 Å². The highest BCUT2D eigenvalue weighted by Gasteiger charge is 2.20. The van der Waals surface area contributed by atoms with E-state index in [1.54, 1.807) is 0 Å². The molecule has 1 saturated carbocycles. The number of benzene rings is 1. The van der Waals surface area contributed by atoms with Crippen LogP contribution >= 0.6 is 0 Å². The minimum absolute atomic E-state index is 0.312.